The Bertz CT molecular complexity index is 892. The highest BCUT2D eigenvalue weighted by Gasteiger charge is 2.07. The van der Waals surface area contributed by atoms with Crippen LogP contribution in [0, 0.1) is 0 Å². The first-order valence-corrected chi connectivity index (χ1v) is 8.00. The van der Waals surface area contributed by atoms with Crippen molar-refractivity contribution < 1.29 is 4.74 Å². The summed E-state index contributed by atoms with van der Waals surface area (Å²) in [6.07, 6.45) is 3.54. The van der Waals surface area contributed by atoms with Crippen LogP contribution in [0.2, 0.25) is 0 Å². The van der Waals surface area contributed by atoms with Crippen LogP contribution in [-0.4, -0.2) is 23.2 Å². The topological polar surface area (TPSA) is 56.1 Å². The molecule has 3 aromatic rings. The maximum atomic E-state index is 11.7. The minimum absolute atomic E-state index is 0.00127. The molecule has 3 rings (SSSR count). The van der Waals surface area contributed by atoms with Gasteiger partial charge in [0.15, 0.2) is 0 Å². The van der Waals surface area contributed by atoms with E-state index in [0.717, 1.165) is 26.8 Å². The summed E-state index contributed by atoms with van der Waals surface area (Å²) in [5.74, 6) is 0.748. The lowest BCUT2D eigenvalue weighted by Gasteiger charge is -2.12. The van der Waals surface area contributed by atoms with Gasteiger partial charge in [0.2, 0.25) is 0 Å². The number of methoxy groups -OCH3 is 1. The smallest absolute Gasteiger partial charge is 0.250 e. The number of aromatic nitrogens is 2. The van der Waals surface area contributed by atoms with Gasteiger partial charge >= 0.3 is 0 Å². The second-order valence-corrected chi connectivity index (χ2v) is 5.88. The van der Waals surface area contributed by atoms with Crippen LogP contribution in [0.5, 0.6) is 5.75 Å². The summed E-state index contributed by atoms with van der Waals surface area (Å²) < 4.78 is 7.85. The van der Waals surface area contributed by atoms with Crippen LogP contribution in [0.25, 0.3) is 10.9 Å². The average molecular weight is 374 g/mol. The normalized spacial score (nSPS) is 10.7. The zero-order chi connectivity index (χ0) is 16.2. The van der Waals surface area contributed by atoms with Gasteiger partial charge in [0.1, 0.15) is 5.75 Å². The van der Waals surface area contributed by atoms with Crippen molar-refractivity contribution in [2.24, 2.45) is 0 Å². The molecule has 0 atom stereocenters. The van der Waals surface area contributed by atoms with E-state index in [4.69, 9.17) is 4.74 Å². The molecule has 0 bridgehead atoms. The monoisotopic (exact) mass is 373 g/mol. The van der Waals surface area contributed by atoms with Crippen molar-refractivity contribution in [1.29, 1.82) is 0 Å². The molecule has 23 heavy (non-hydrogen) atoms. The van der Waals surface area contributed by atoms with Crippen LogP contribution < -0.4 is 15.6 Å². The summed E-state index contributed by atoms with van der Waals surface area (Å²) in [4.78, 5) is 16.1. The lowest BCUT2D eigenvalue weighted by molar-refractivity contribution is 0.412. The highest BCUT2D eigenvalue weighted by atomic mass is 79.9. The molecule has 118 valence electrons. The summed E-state index contributed by atoms with van der Waals surface area (Å²) in [5, 5.41) is 4.37. The van der Waals surface area contributed by atoms with E-state index in [0.29, 0.717) is 13.1 Å². The van der Waals surface area contributed by atoms with E-state index < -0.39 is 0 Å². The highest BCUT2D eigenvalue weighted by molar-refractivity contribution is 9.10. The summed E-state index contributed by atoms with van der Waals surface area (Å²) in [7, 11) is 1.63. The van der Waals surface area contributed by atoms with Crippen molar-refractivity contribution in [3.05, 3.63) is 63.6 Å². The van der Waals surface area contributed by atoms with Gasteiger partial charge in [0.25, 0.3) is 5.56 Å². The number of benzene rings is 1. The van der Waals surface area contributed by atoms with Gasteiger partial charge in [-0.15, -0.1) is 0 Å². The number of hydrogen-bond donors (Lipinski definition) is 1. The van der Waals surface area contributed by atoms with Gasteiger partial charge < -0.3 is 14.6 Å². The van der Waals surface area contributed by atoms with Crippen molar-refractivity contribution >= 4 is 32.5 Å². The van der Waals surface area contributed by atoms with Gasteiger partial charge in [-0.2, -0.15) is 0 Å². The van der Waals surface area contributed by atoms with Crippen molar-refractivity contribution in [2.75, 3.05) is 19.0 Å². The van der Waals surface area contributed by atoms with E-state index in [1.54, 1.807) is 36.2 Å². The second-order valence-electron chi connectivity index (χ2n) is 5.02. The number of hydrogen-bond acceptors (Lipinski definition) is 4. The van der Waals surface area contributed by atoms with Crippen molar-refractivity contribution in [2.45, 2.75) is 6.54 Å². The molecule has 1 aromatic carbocycles. The first-order chi connectivity index (χ1) is 11.2. The van der Waals surface area contributed by atoms with E-state index >= 15 is 0 Å². The molecule has 2 aromatic heterocycles. The summed E-state index contributed by atoms with van der Waals surface area (Å²) in [6, 6.07) is 11.0. The number of nitrogens with zero attached hydrogens (tertiary/aromatic N) is 2. The fourth-order valence-corrected chi connectivity index (χ4v) is 2.92. The van der Waals surface area contributed by atoms with Gasteiger partial charge in [-0.3, -0.25) is 9.78 Å². The fraction of sp³-hybridized carbons (Fsp3) is 0.176. The van der Waals surface area contributed by atoms with Crippen molar-refractivity contribution in [1.82, 2.24) is 9.55 Å². The van der Waals surface area contributed by atoms with Crippen LogP contribution in [0.3, 0.4) is 0 Å². The molecule has 0 saturated carbocycles. The molecule has 0 radical (unpaired) electrons. The molecule has 0 unspecified atom stereocenters. The molecule has 0 aliphatic rings. The second kappa shape index (κ2) is 6.83. The predicted molar refractivity (Wildman–Crippen MR) is 95.2 cm³/mol. The molecule has 0 fully saturated rings. The molecule has 0 aliphatic heterocycles. The number of ether oxygens (including phenoxy) is 1. The van der Waals surface area contributed by atoms with E-state index in [9.17, 15) is 4.79 Å². The molecule has 0 aliphatic carbocycles. The Hall–Kier alpha value is -2.34. The van der Waals surface area contributed by atoms with Gasteiger partial charge in [-0.25, -0.2) is 0 Å². The summed E-state index contributed by atoms with van der Waals surface area (Å²) in [5.41, 5.74) is 1.83. The quantitative estimate of drug-likeness (QED) is 0.745. The maximum Gasteiger partial charge on any atom is 0.250 e. The Kier molecular flexibility index (Phi) is 4.62. The Morgan fingerprint density at radius 1 is 1.30 bits per heavy atom. The van der Waals surface area contributed by atoms with Gasteiger partial charge in [-0.05, 0) is 34.1 Å². The molecule has 2 heterocycles. The molecular weight excluding hydrogens is 358 g/mol. The molecule has 1 N–H and O–H groups in total. The highest BCUT2D eigenvalue weighted by Crippen LogP contribution is 2.32. The molecule has 0 spiro atoms. The Morgan fingerprint density at radius 3 is 2.96 bits per heavy atom. The summed E-state index contributed by atoms with van der Waals surface area (Å²) in [6.45, 7) is 1.24. The number of anilines is 1. The number of pyridine rings is 2. The van der Waals surface area contributed by atoms with Crippen LogP contribution in [-0.2, 0) is 6.54 Å². The zero-order valence-electron chi connectivity index (χ0n) is 12.6. The van der Waals surface area contributed by atoms with Crippen LogP contribution in [0.4, 0.5) is 5.69 Å². The largest absolute Gasteiger partial charge is 0.495 e. The third-order valence-electron chi connectivity index (χ3n) is 3.58. The van der Waals surface area contributed by atoms with Crippen molar-refractivity contribution in [3.63, 3.8) is 0 Å². The molecular formula is C17H16BrN3O2. The van der Waals surface area contributed by atoms with Crippen molar-refractivity contribution in [3.8, 4) is 5.75 Å². The number of rotatable bonds is 5. The average Bonchev–Trinajstić information content (AvgIpc) is 2.56. The van der Waals surface area contributed by atoms with Crippen LogP contribution >= 0.6 is 15.9 Å². The molecule has 0 saturated heterocycles. The Labute approximate surface area is 142 Å². The van der Waals surface area contributed by atoms with E-state index in [2.05, 4.69) is 26.2 Å². The van der Waals surface area contributed by atoms with Gasteiger partial charge in [0, 0.05) is 48.7 Å². The lowest BCUT2D eigenvalue weighted by atomic mass is 10.2. The third-order valence-corrected chi connectivity index (χ3v) is 4.20. The van der Waals surface area contributed by atoms with Gasteiger partial charge in [0.05, 0.1) is 17.1 Å². The van der Waals surface area contributed by atoms with E-state index in [-0.39, 0.29) is 5.56 Å². The predicted octanol–water partition coefficient (Wildman–Crippen LogP) is 3.28. The maximum absolute atomic E-state index is 11.7. The minimum atomic E-state index is 0.00127. The number of nitrogens with one attached hydrogen (secondary N) is 1. The fourth-order valence-electron chi connectivity index (χ4n) is 2.41. The Morgan fingerprint density at radius 2 is 2.17 bits per heavy atom. The van der Waals surface area contributed by atoms with Crippen LogP contribution in [0.1, 0.15) is 0 Å². The number of fused-ring (bicyclic) bond motifs is 1. The SMILES string of the molecule is COc1cc2nccc(NCCn3ccccc3=O)c2cc1Br. The zero-order valence-corrected chi connectivity index (χ0v) is 14.2. The molecule has 6 heteroatoms. The first-order valence-electron chi connectivity index (χ1n) is 7.20. The Balaban J connectivity index is 1.82. The molecule has 0 amide bonds. The molecule has 5 nitrogen and oxygen atoms in total. The third kappa shape index (κ3) is 3.37. The standard InChI is InChI=1S/C17H16BrN3O2/c1-23-16-11-15-12(10-13(16)18)14(5-6-19-15)20-7-9-21-8-3-2-4-17(21)22/h2-6,8,10-11H,7,9H2,1H3,(H,19,20). The van der Waals surface area contributed by atoms with E-state index in [1.807, 2.05) is 24.3 Å². The lowest BCUT2D eigenvalue weighted by Crippen LogP contribution is -2.22. The van der Waals surface area contributed by atoms with Gasteiger partial charge in [-0.1, -0.05) is 6.07 Å². The minimum Gasteiger partial charge on any atom is -0.495 e. The van der Waals surface area contributed by atoms with E-state index in [1.165, 1.54) is 0 Å². The van der Waals surface area contributed by atoms with Crippen LogP contribution in [0.15, 0.2) is 58.1 Å². The first kappa shape index (κ1) is 15.6. The number of halogens is 1. The summed E-state index contributed by atoms with van der Waals surface area (Å²) >= 11 is 3.50.